The zero-order valence-electron chi connectivity index (χ0n) is 12.8. The van der Waals surface area contributed by atoms with Gasteiger partial charge in [0.1, 0.15) is 5.82 Å². The Balaban J connectivity index is 1.37. The Kier molecular flexibility index (Phi) is 4.05. The Morgan fingerprint density at radius 1 is 1.09 bits per heavy atom. The second-order valence-electron chi connectivity index (χ2n) is 6.55. The van der Waals surface area contributed by atoms with Gasteiger partial charge in [-0.15, -0.1) is 0 Å². The van der Waals surface area contributed by atoms with Crippen molar-refractivity contribution in [3.05, 3.63) is 64.7 Å². The fourth-order valence-electron chi connectivity index (χ4n) is 3.81. The first-order valence-corrected chi connectivity index (χ1v) is 8.37. The topological polar surface area (TPSA) is 19.4 Å². The van der Waals surface area contributed by atoms with Gasteiger partial charge in [0, 0.05) is 49.5 Å². The molecule has 3 aliphatic heterocycles. The maximum atomic E-state index is 13.2. The van der Waals surface area contributed by atoms with Crippen LogP contribution in [0.1, 0.15) is 17.5 Å². The molecule has 5 heteroatoms. The molecule has 2 atom stereocenters. The number of piperazine rings is 1. The number of hydrogen-bond donors (Lipinski definition) is 0. The number of fused-ring (bicyclic) bond motifs is 2. The third kappa shape index (κ3) is 3.25. The number of halogens is 2. The lowest BCUT2D eigenvalue weighted by atomic mass is 9.86. The van der Waals surface area contributed by atoms with Gasteiger partial charge in [0.15, 0.2) is 0 Å². The van der Waals surface area contributed by atoms with E-state index in [-0.39, 0.29) is 5.82 Å². The zero-order chi connectivity index (χ0) is 15.8. The van der Waals surface area contributed by atoms with Crippen LogP contribution in [-0.2, 0) is 13.1 Å². The number of pyridine rings is 1. The summed E-state index contributed by atoms with van der Waals surface area (Å²) in [7, 11) is 0. The molecular formula is C18H19ClFN3. The van der Waals surface area contributed by atoms with Crippen LogP contribution in [0.2, 0.25) is 5.02 Å². The van der Waals surface area contributed by atoms with Crippen LogP contribution < -0.4 is 0 Å². The lowest BCUT2D eigenvalue weighted by Gasteiger charge is -2.56. The number of benzene rings is 1. The van der Waals surface area contributed by atoms with Crippen LogP contribution in [-0.4, -0.2) is 40.0 Å². The number of piperidine rings is 1. The van der Waals surface area contributed by atoms with Gasteiger partial charge in [0.2, 0.25) is 0 Å². The van der Waals surface area contributed by atoms with Crippen molar-refractivity contribution in [2.24, 2.45) is 0 Å². The molecule has 120 valence electrons. The van der Waals surface area contributed by atoms with Crippen molar-refractivity contribution < 1.29 is 4.39 Å². The van der Waals surface area contributed by atoms with Crippen LogP contribution in [0.3, 0.4) is 0 Å². The molecule has 1 aromatic heterocycles. The van der Waals surface area contributed by atoms with E-state index in [0.717, 1.165) is 36.8 Å². The molecule has 23 heavy (non-hydrogen) atoms. The molecule has 1 aromatic carbocycles. The molecule has 4 heterocycles. The van der Waals surface area contributed by atoms with Gasteiger partial charge in [-0.05, 0) is 35.7 Å². The zero-order valence-corrected chi connectivity index (χ0v) is 13.6. The number of aromatic nitrogens is 1. The SMILES string of the molecule is Fc1cncc(CN2CC3CC(C2)N3Cc2cccc(Cl)c2)c1. The van der Waals surface area contributed by atoms with E-state index in [9.17, 15) is 4.39 Å². The number of hydrogen-bond acceptors (Lipinski definition) is 3. The first kappa shape index (κ1) is 15.1. The summed E-state index contributed by atoms with van der Waals surface area (Å²) in [6.07, 6.45) is 4.27. The average Bonchev–Trinajstić information content (AvgIpc) is 2.53. The van der Waals surface area contributed by atoms with Gasteiger partial charge < -0.3 is 0 Å². The van der Waals surface area contributed by atoms with Crippen LogP contribution in [0.4, 0.5) is 4.39 Å². The van der Waals surface area contributed by atoms with E-state index in [1.54, 1.807) is 12.3 Å². The lowest BCUT2D eigenvalue weighted by molar-refractivity contribution is -0.0774. The lowest BCUT2D eigenvalue weighted by Crippen LogP contribution is -2.67. The molecule has 2 unspecified atom stereocenters. The highest BCUT2D eigenvalue weighted by Crippen LogP contribution is 2.34. The fraction of sp³-hybridized carbons (Fsp3) is 0.389. The van der Waals surface area contributed by atoms with Gasteiger partial charge >= 0.3 is 0 Å². The van der Waals surface area contributed by atoms with E-state index in [1.807, 2.05) is 18.2 Å². The predicted molar refractivity (Wildman–Crippen MR) is 88.7 cm³/mol. The minimum absolute atomic E-state index is 0.257. The van der Waals surface area contributed by atoms with Crippen molar-refractivity contribution >= 4 is 11.6 Å². The molecule has 0 saturated carbocycles. The maximum absolute atomic E-state index is 13.2. The summed E-state index contributed by atoms with van der Waals surface area (Å²) in [5.74, 6) is -0.257. The van der Waals surface area contributed by atoms with Crippen molar-refractivity contribution in [2.75, 3.05) is 13.1 Å². The first-order chi connectivity index (χ1) is 11.2. The van der Waals surface area contributed by atoms with Gasteiger partial charge in [0.25, 0.3) is 0 Å². The summed E-state index contributed by atoms with van der Waals surface area (Å²) < 4.78 is 13.2. The van der Waals surface area contributed by atoms with Crippen molar-refractivity contribution in [1.82, 2.24) is 14.8 Å². The third-order valence-corrected chi connectivity index (χ3v) is 5.08. The summed E-state index contributed by atoms with van der Waals surface area (Å²) in [6.45, 7) is 3.81. The number of rotatable bonds is 4. The first-order valence-electron chi connectivity index (χ1n) is 7.99. The van der Waals surface area contributed by atoms with Crippen LogP contribution in [0.5, 0.6) is 0 Å². The van der Waals surface area contributed by atoms with Gasteiger partial charge in [-0.25, -0.2) is 4.39 Å². The van der Waals surface area contributed by atoms with E-state index in [4.69, 9.17) is 11.6 Å². The third-order valence-electron chi connectivity index (χ3n) is 4.84. The Labute approximate surface area is 140 Å². The Morgan fingerprint density at radius 3 is 2.65 bits per heavy atom. The van der Waals surface area contributed by atoms with Crippen LogP contribution in [0.15, 0.2) is 42.7 Å². The minimum atomic E-state index is -0.257. The second-order valence-corrected chi connectivity index (χ2v) is 6.99. The smallest absolute Gasteiger partial charge is 0.141 e. The molecule has 0 spiro atoms. The molecule has 2 bridgehead atoms. The molecule has 0 amide bonds. The normalized spacial score (nSPS) is 24.4. The Bertz CT molecular complexity index is 696. The molecule has 5 rings (SSSR count). The van der Waals surface area contributed by atoms with Crippen molar-refractivity contribution in [3.8, 4) is 0 Å². The van der Waals surface area contributed by atoms with Crippen molar-refractivity contribution in [2.45, 2.75) is 31.6 Å². The number of nitrogens with zero attached hydrogens (tertiary/aromatic N) is 3. The maximum Gasteiger partial charge on any atom is 0.141 e. The monoisotopic (exact) mass is 331 g/mol. The molecule has 3 aliphatic rings. The van der Waals surface area contributed by atoms with Crippen molar-refractivity contribution in [3.63, 3.8) is 0 Å². The molecule has 3 saturated heterocycles. The van der Waals surface area contributed by atoms with E-state index in [0.29, 0.717) is 12.1 Å². The predicted octanol–water partition coefficient (Wildman–Crippen LogP) is 3.33. The summed E-state index contributed by atoms with van der Waals surface area (Å²) >= 11 is 6.07. The quantitative estimate of drug-likeness (QED) is 0.856. The van der Waals surface area contributed by atoms with Gasteiger partial charge in [0.05, 0.1) is 6.20 Å². The molecule has 0 radical (unpaired) electrons. The molecule has 0 aliphatic carbocycles. The highest BCUT2D eigenvalue weighted by atomic mass is 35.5. The van der Waals surface area contributed by atoms with Gasteiger partial charge in [-0.2, -0.15) is 0 Å². The Morgan fingerprint density at radius 2 is 1.91 bits per heavy atom. The van der Waals surface area contributed by atoms with E-state index in [2.05, 4.69) is 20.9 Å². The highest BCUT2D eigenvalue weighted by Gasteiger charge is 2.44. The average molecular weight is 332 g/mol. The molecule has 3 nitrogen and oxygen atoms in total. The van der Waals surface area contributed by atoms with E-state index < -0.39 is 0 Å². The summed E-state index contributed by atoms with van der Waals surface area (Å²) in [4.78, 5) is 8.90. The standard InChI is InChI=1S/C18H19ClFN3/c19-15-3-1-2-13(4-15)10-23-17-6-18(23)12-22(11-17)9-14-5-16(20)8-21-7-14/h1-5,7-8,17-18H,6,9-12H2. The van der Waals surface area contributed by atoms with Crippen LogP contribution in [0.25, 0.3) is 0 Å². The van der Waals surface area contributed by atoms with Crippen LogP contribution >= 0.6 is 11.6 Å². The summed E-state index contributed by atoms with van der Waals surface area (Å²) in [5, 5.41) is 0.799. The molecule has 3 fully saturated rings. The molecular weight excluding hydrogens is 313 g/mol. The van der Waals surface area contributed by atoms with Crippen LogP contribution in [0, 0.1) is 5.82 Å². The molecule has 0 N–H and O–H groups in total. The van der Waals surface area contributed by atoms with E-state index >= 15 is 0 Å². The van der Waals surface area contributed by atoms with Gasteiger partial charge in [-0.1, -0.05) is 23.7 Å². The largest absolute Gasteiger partial charge is 0.296 e. The minimum Gasteiger partial charge on any atom is -0.296 e. The van der Waals surface area contributed by atoms with Crippen molar-refractivity contribution in [1.29, 1.82) is 0 Å². The Hall–Kier alpha value is -1.49. The molecule has 2 aromatic rings. The second kappa shape index (κ2) is 6.19. The summed E-state index contributed by atoms with van der Waals surface area (Å²) in [6, 6.07) is 10.9. The summed E-state index contributed by atoms with van der Waals surface area (Å²) in [5.41, 5.74) is 2.22. The van der Waals surface area contributed by atoms with Gasteiger partial charge in [-0.3, -0.25) is 14.8 Å². The van der Waals surface area contributed by atoms with E-state index in [1.165, 1.54) is 18.2 Å². The highest BCUT2D eigenvalue weighted by molar-refractivity contribution is 6.30. The fourth-order valence-corrected chi connectivity index (χ4v) is 4.02.